The Morgan fingerprint density at radius 2 is 2.11 bits per heavy atom. The fraction of sp³-hybridized carbons (Fsp3) is 0.650. The average Bonchev–Trinajstić information content (AvgIpc) is 2.67. The molecule has 0 aromatic heterocycles. The molecule has 0 amide bonds. The Morgan fingerprint density at radius 3 is 2.85 bits per heavy atom. The summed E-state index contributed by atoms with van der Waals surface area (Å²) in [6, 6.07) is 5.20. The monoisotopic (exact) mass is 443 g/mol. The van der Waals surface area contributed by atoms with Crippen molar-refractivity contribution in [2.45, 2.75) is 45.1 Å². The first-order valence-electron chi connectivity index (χ1n) is 9.84. The Morgan fingerprint density at radius 1 is 1.30 bits per heavy atom. The molecule has 1 heterocycles. The molecule has 1 aliphatic heterocycles. The van der Waals surface area contributed by atoms with Gasteiger partial charge in [0.15, 0.2) is 5.96 Å². The van der Waals surface area contributed by atoms with E-state index in [1.54, 1.807) is 0 Å². The van der Waals surface area contributed by atoms with Gasteiger partial charge in [0.25, 0.3) is 0 Å². The summed E-state index contributed by atoms with van der Waals surface area (Å²) < 4.78 is 25.8. The second-order valence-electron chi connectivity index (χ2n) is 6.56. The molecule has 0 unspecified atom stereocenters. The molecular weight excluding hydrogens is 413 g/mol. The molecular formula is C20H31BrFN3O2. The van der Waals surface area contributed by atoms with Crippen molar-refractivity contribution in [2.75, 3.05) is 39.5 Å². The summed E-state index contributed by atoms with van der Waals surface area (Å²) in [5.74, 6) is 0.641. The van der Waals surface area contributed by atoms with Crippen molar-refractivity contribution in [1.82, 2.24) is 10.6 Å². The predicted molar refractivity (Wildman–Crippen MR) is 111 cm³/mol. The number of hydrogen-bond donors (Lipinski definition) is 2. The third-order valence-corrected chi connectivity index (χ3v) is 4.86. The third-order valence-electron chi connectivity index (χ3n) is 4.37. The van der Waals surface area contributed by atoms with Crippen LogP contribution in [-0.4, -0.2) is 51.5 Å². The predicted octanol–water partition coefficient (Wildman–Crippen LogP) is 3.66. The first kappa shape index (κ1) is 22.1. The number of rotatable bonds is 10. The summed E-state index contributed by atoms with van der Waals surface area (Å²) >= 11 is 3.28. The molecule has 1 fully saturated rings. The maximum Gasteiger partial charge on any atom is 0.191 e. The third kappa shape index (κ3) is 9.04. The highest BCUT2D eigenvalue weighted by atomic mass is 79.9. The van der Waals surface area contributed by atoms with E-state index in [9.17, 15) is 4.39 Å². The first-order chi connectivity index (χ1) is 13.2. The Bertz CT molecular complexity index is 580. The van der Waals surface area contributed by atoms with Crippen LogP contribution in [0.2, 0.25) is 0 Å². The van der Waals surface area contributed by atoms with Crippen LogP contribution < -0.4 is 10.6 Å². The Labute approximate surface area is 170 Å². The maximum absolute atomic E-state index is 13.8. The van der Waals surface area contributed by atoms with Gasteiger partial charge in [0.05, 0.1) is 6.10 Å². The van der Waals surface area contributed by atoms with Gasteiger partial charge in [0.2, 0.25) is 0 Å². The molecule has 0 aliphatic carbocycles. The quantitative estimate of drug-likeness (QED) is 0.329. The summed E-state index contributed by atoms with van der Waals surface area (Å²) in [7, 11) is 0. The molecule has 1 aromatic rings. The van der Waals surface area contributed by atoms with Gasteiger partial charge in [-0.3, -0.25) is 4.99 Å². The summed E-state index contributed by atoms with van der Waals surface area (Å²) in [5.41, 5.74) is 0.733. The van der Waals surface area contributed by atoms with Crippen LogP contribution in [0.15, 0.2) is 27.7 Å². The van der Waals surface area contributed by atoms with Crippen LogP contribution in [0.25, 0.3) is 0 Å². The standard InChI is InChI=1S/C20H31BrFN3O2/c1-2-23-20(25-11-4-12-27-18-8-13-26-14-9-18)24-10-3-5-16-6-7-17(21)15-19(16)22/h6-7,15,18H,2-5,8-14H2,1H3,(H2,23,24,25). The molecule has 1 aliphatic rings. The summed E-state index contributed by atoms with van der Waals surface area (Å²) in [6.45, 7) is 6.70. The van der Waals surface area contributed by atoms with Crippen molar-refractivity contribution >= 4 is 21.9 Å². The van der Waals surface area contributed by atoms with Crippen LogP contribution >= 0.6 is 15.9 Å². The smallest absolute Gasteiger partial charge is 0.191 e. The van der Waals surface area contributed by atoms with Crippen LogP contribution in [0.5, 0.6) is 0 Å². The van der Waals surface area contributed by atoms with Gasteiger partial charge in [-0.15, -0.1) is 0 Å². The molecule has 0 spiro atoms. The van der Waals surface area contributed by atoms with Crippen molar-refractivity contribution in [1.29, 1.82) is 0 Å². The molecule has 7 heteroatoms. The normalized spacial score (nSPS) is 15.7. The first-order valence-corrected chi connectivity index (χ1v) is 10.6. The van der Waals surface area contributed by atoms with E-state index in [-0.39, 0.29) is 5.82 Å². The van der Waals surface area contributed by atoms with Gasteiger partial charge in [-0.1, -0.05) is 22.0 Å². The number of ether oxygens (including phenoxy) is 2. The number of guanidine groups is 1. The van der Waals surface area contributed by atoms with Gasteiger partial charge in [0, 0.05) is 43.9 Å². The number of aryl methyl sites for hydroxylation is 1. The molecule has 5 nitrogen and oxygen atoms in total. The summed E-state index contributed by atoms with van der Waals surface area (Å²) in [6.07, 6.45) is 4.77. The molecule has 0 atom stereocenters. The van der Waals surface area contributed by atoms with Crippen LogP contribution in [0.3, 0.4) is 0 Å². The number of nitrogens with one attached hydrogen (secondary N) is 2. The largest absolute Gasteiger partial charge is 0.381 e. The van der Waals surface area contributed by atoms with E-state index in [1.165, 1.54) is 6.07 Å². The van der Waals surface area contributed by atoms with Crippen molar-refractivity contribution in [2.24, 2.45) is 4.99 Å². The van der Waals surface area contributed by atoms with Crippen molar-refractivity contribution in [3.8, 4) is 0 Å². The number of benzene rings is 1. The zero-order chi connectivity index (χ0) is 19.3. The van der Waals surface area contributed by atoms with Crippen molar-refractivity contribution in [3.63, 3.8) is 0 Å². The van der Waals surface area contributed by atoms with Gasteiger partial charge >= 0.3 is 0 Å². The molecule has 2 N–H and O–H groups in total. The SMILES string of the molecule is CCNC(=NCCCc1ccc(Br)cc1F)NCCCOC1CCOCC1. The van der Waals surface area contributed by atoms with E-state index in [0.717, 1.165) is 74.6 Å². The minimum absolute atomic E-state index is 0.164. The molecule has 1 saturated heterocycles. The van der Waals surface area contributed by atoms with Gasteiger partial charge < -0.3 is 20.1 Å². The van der Waals surface area contributed by atoms with Crippen molar-refractivity contribution in [3.05, 3.63) is 34.1 Å². The minimum Gasteiger partial charge on any atom is -0.381 e. The van der Waals surface area contributed by atoms with Gasteiger partial charge in [-0.05, 0) is 56.7 Å². The second-order valence-corrected chi connectivity index (χ2v) is 7.48. The van der Waals surface area contributed by atoms with Gasteiger partial charge in [0.1, 0.15) is 5.82 Å². The number of halogens is 2. The summed E-state index contributed by atoms with van der Waals surface area (Å²) in [4.78, 5) is 4.57. The van der Waals surface area contributed by atoms with E-state index in [1.807, 2.05) is 19.1 Å². The topological polar surface area (TPSA) is 54.9 Å². The number of aliphatic imine (C=N–C) groups is 1. The molecule has 27 heavy (non-hydrogen) atoms. The van der Waals surface area contributed by atoms with Crippen molar-refractivity contribution < 1.29 is 13.9 Å². The van der Waals surface area contributed by atoms with Crippen LogP contribution in [0, 0.1) is 5.82 Å². The van der Waals surface area contributed by atoms with E-state index >= 15 is 0 Å². The average molecular weight is 444 g/mol. The fourth-order valence-electron chi connectivity index (χ4n) is 2.90. The Balaban J connectivity index is 1.62. The minimum atomic E-state index is -0.164. The lowest BCUT2D eigenvalue weighted by atomic mass is 10.1. The fourth-order valence-corrected chi connectivity index (χ4v) is 3.23. The van der Waals surface area contributed by atoms with Gasteiger partial charge in [-0.2, -0.15) is 0 Å². The van der Waals surface area contributed by atoms with Crippen LogP contribution in [-0.2, 0) is 15.9 Å². The van der Waals surface area contributed by atoms with E-state index in [2.05, 4.69) is 31.6 Å². The van der Waals surface area contributed by atoms with E-state index in [0.29, 0.717) is 19.1 Å². The molecule has 0 bridgehead atoms. The molecule has 1 aromatic carbocycles. The maximum atomic E-state index is 13.8. The highest BCUT2D eigenvalue weighted by Gasteiger charge is 2.13. The number of nitrogens with zero attached hydrogens (tertiary/aromatic N) is 1. The van der Waals surface area contributed by atoms with E-state index in [4.69, 9.17) is 9.47 Å². The van der Waals surface area contributed by atoms with Crippen LogP contribution in [0.4, 0.5) is 4.39 Å². The summed E-state index contributed by atoms with van der Waals surface area (Å²) in [5, 5.41) is 6.57. The van der Waals surface area contributed by atoms with Crippen LogP contribution in [0.1, 0.15) is 38.2 Å². The van der Waals surface area contributed by atoms with Gasteiger partial charge in [-0.25, -0.2) is 4.39 Å². The molecule has 152 valence electrons. The molecule has 0 radical (unpaired) electrons. The molecule has 2 rings (SSSR count). The Hall–Kier alpha value is -1.18. The lowest BCUT2D eigenvalue weighted by molar-refractivity contribution is -0.0320. The number of hydrogen-bond acceptors (Lipinski definition) is 3. The zero-order valence-corrected chi connectivity index (χ0v) is 17.7. The molecule has 0 saturated carbocycles. The Kier molecular flexibility index (Phi) is 10.7. The highest BCUT2D eigenvalue weighted by Crippen LogP contribution is 2.16. The van der Waals surface area contributed by atoms with E-state index < -0.39 is 0 Å². The zero-order valence-electron chi connectivity index (χ0n) is 16.1. The second kappa shape index (κ2) is 13.1. The lowest BCUT2D eigenvalue weighted by Crippen LogP contribution is -2.38. The lowest BCUT2D eigenvalue weighted by Gasteiger charge is -2.22. The highest BCUT2D eigenvalue weighted by molar-refractivity contribution is 9.10.